The number of unbranched alkanes of at least 4 members (excludes halogenated alkanes) is 1. The van der Waals surface area contributed by atoms with Crippen molar-refractivity contribution >= 4 is 5.97 Å². The Morgan fingerprint density at radius 1 is 1.31 bits per heavy atom. The third-order valence-electron chi connectivity index (χ3n) is 3.35. The highest BCUT2D eigenvalue weighted by Crippen LogP contribution is 2.33. The number of allylic oxidation sites excluding steroid dienone is 2. The Bertz CT molecular complexity index is 245. The first-order chi connectivity index (χ1) is 7.69. The summed E-state index contributed by atoms with van der Waals surface area (Å²) in [5.74, 6) is 0.0104. The minimum absolute atomic E-state index is 0.0104. The van der Waals surface area contributed by atoms with Gasteiger partial charge in [0.15, 0.2) is 0 Å². The molecule has 16 heavy (non-hydrogen) atoms. The summed E-state index contributed by atoms with van der Waals surface area (Å²) < 4.78 is 5.36. The lowest BCUT2D eigenvalue weighted by molar-refractivity contribution is -0.156. The van der Waals surface area contributed by atoms with Gasteiger partial charge in [0, 0.05) is 0 Å². The zero-order chi connectivity index (χ0) is 11.9. The molecular weight excluding hydrogens is 200 g/mol. The molecule has 2 heteroatoms. The summed E-state index contributed by atoms with van der Waals surface area (Å²) >= 11 is 0. The highest BCUT2D eigenvalue weighted by atomic mass is 16.5. The van der Waals surface area contributed by atoms with Crippen molar-refractivity contribution in [3.05, 3.63) is 12.2 Å². The Balaban J connectivity index is 2.46. The van der Waals surface area contributed by atoms with E-state index < -0.39 is 0 Å². The van der Waals surface area contributed by atoms with E-state index in [-0.39, 0.29) is 11.4 Å². The fraction of sp³-hybridized carbons (Fsp3) is 0.786. The van der Waals surface area contributed by atoms with Crippen LogP contribution in [-0.2, 0) is 9.53 Å². The van der Waals surface area contributed by atoms with Gasteiger partial charge < -0.3 is 4.74 Å². The summed E-state index contributed by atoms with van der Waals surface area (Å²) in [6.07, 6.45) is 11.5. The zero-order valence-electron chi connectivity index (χ0n) is 10.6. The Hall–Kier alpha value is -0.790. The number of hydrogen-bond donors (Lipinski definition) is 0. The van der Waals surface area contributed by atoms with Crippen LogP contribution in [0.3, 0.4) is 0 Å². The third kappa shape index (κ3) is 3.99. The van der Waals surface area contributed by atoms with Crippen molar-refractivity contribution in [1.29, 1.82) is 0 Å². The van der Waals surface area contributed by atoms with Gasteiger partial charge in [-0.25, -0.2) is 0 Å². The monoisotopic (exact) mass is 224 g/mol. The van der Waals surface area contributed by atoms with Crippen LogP contribution in [0.4, 0.5) is 0 Å². The van der Waals surface area contributed by atoms with Gasteiger partial charge in [-0.2, -0.15) is 0 Å². The molecule has 1 unspecified atom stereocenters. The summed E-state index contributed by atoms with van der Waals surface area (Å²) in [4.78, 5) is 12.0. The predicted molar refractivity (Wildman–Crippen MR) is 66.2 cm³/mol. The van der Waals surface area contributed by atoms with Gasteiger partial charge in [0.05, 0.1) is 12.0 Å². The maximum atomic E-state index is 12.0. The van der Waals surface area contributed by atoms with Crippen LogP contribution in [0.2, 0.25) is 0 Å². The van der Waals surface area contributed by atoms with Crippen LogP contribution < -0.4 is 0 Å². The molecule has 0 bridgehead atoms. The van der Waals surface area contributed by atoms with E-state index in [0.29, 0.717) is 6.61 Å². The third-order valence-corrected chi connectivity index (χ3v) is 3.35. The van der Waals surface area contributed by atoms with Crippen molar-refractivity contribution in [2.45, 2.75) is 58.8 Å². The summed E-state index contributed by atoms with van der Waals surface area (Å²) in [7, 11) is 0. The zero-order valence-corrected chi connectivity index (χ0v) is 10.6. The van der Waals surface area contributed by atoms with Crippen molar-refractivity contribution < 1.29 is 9.53 Å². The number of ether oxygens (including phenoxy) is 1. The van der Waals surface area contributed by atoms with Crippen molar-refractivity contribution in [2.24, 2.45) is 5.41 Å². The number of esters is 1. The lowest BCUT2D eigenvalue weighted by Gasteiger charge is -2.27. The molecule has 0 spiro atoms. The van der Waals surface area contributed by atoms with E-state index in [2.05, 4.69) is 26.0 Å². The average molecular weight is 224 g/mol. The number of rotatable bonds is 4. The second-order valence-corrected chi connectivity index (χ2v) is 4.95. The normalized spacial score (nSPS) is 27.9. The molecule has 0 radical (unpaired) electrons. The number of hydrogen-bond acceptors (Lipinski definition) is 2. The van der Waals surface area contributed by atoms with Crippen LogP contribution in [0, 0.1) is 5.41 Å². The smallest absolute Gasteiger partial charge is 0.311 e. The molecule has 1 aliphatic carbocycles. The summed E-state index contributed by atoms with van der Waals surface area (Å²) in [5.41, 5.74) is -0.251. The Kier molecular flexibility index (Phi) is 5.58. The van der Waals surface area contributed by atoms with E-state index >= 15 is 0 Å². The molecular formula is C14H24O2. The molecule has 0 heterocycles. The van der Waals surface area contributed by atoms with E-state index in [1.807, 2.05) is 0 Å². The largest absolute Gasteiger partial charge is 0.465 e. The van der Waals surface area contributed by atoms with Gasteiger partial charge in [0.1, 0.15) is 0 Å². The standard InChI is InChI=1S/C14H24O2/c1-3-4-12-16-13(15)14(2)10-8-6-5-7-9-11-14/h5-6H,3-4,7-12H2,1-2H3/b6-5-. The fourth-order valence-electron chi connectivity index (χ4n) is 2.06. The SMILES string of the molecule is CCCCOC(=O)C1(C)CC/C=C\CCC1. The highest BCUT2D eigenvalue weighted by Gasteiger charge is 2.33. The van der Waals surface area contributed by atoms with Gasteiger partial charge in [-0.1, -0.05) is 25.5 Å². The van der Waals surface area contributed by atoms with Crippen LogP contribution in [0.25, 0.3) is 0 Å². The molecule has 92 valence electrons. The van der Waals surface area contributed by atoms with Crippen molar-refractivity contribution in [2.75, 3.05) is 6.61 Å². The van der Waals surface area contributed by atoms with Gasteiger partial charge in [0.2, 0.25) is 0 Å². The Labute approximate surface area is 99.1 Å². The molecule has 0 saturated heterocycles. The highest BCUT2D eigenvalue weighted by molar-refractivity contribution is 5.76. The molecule has 0 amide bonds. The van der Waals surface area contributed by atoms with E-state index in [9.17, 15) is 4.79 Å². The predicted octanol–water partition coefficient (Wildman–Crippen LogP) is 3.86. The second-order valence-electron chi connectivity index (χ2n) is 4.95. The molecule has 1 atom stereocenters. The van der Waals surface area contributed by atoms with E-state index in [0.717, 1.165) is 44.9 Å². The van der Waals surface area contributed by atoms with Crippen LogP contribution >= 0.6 is 0 Å². The maximum absolute atomic E-state index is 12.0. The number of carbonyl (C=O) groups excluding carboxylic acids is 1. The molecule has 0 fully saturated rings. The lowest BCUT2D eigenvalue weighted by Crippen LogP contribution is -2.30. The molecule has 0 saturated carbocycles. The van der Waals surface area contributed by atoms with Crippen LogP contribution in [0.1, 0.15) is 58.8 Å². The molecule has 1 rings (SSSR count). The van der Waals surface area contributed by atoms with Crippen LogP contribution in [-0.4, -0.2) is 12.6 Å². The maximum Gasteiger partial charge on any atom is 0.311 e. The van der Waals surface area contributed by atoms with Gasteiger partial charge in [-0.05, 0) is 45.4 Å². The van der Waals surface area contributed by atoms with Crippen LogP contribution in [0.15, 0.2) is 12.2 Å². The van der Waals surface area contributed by atoms with Crippen molar-refractivity contribution in [3.8, 4) is 0 Å². The quantitative estimate of drug-likeness (QED) is 0.412. The molecule has 0 N–H and O–H groups in total. The van der Waals surface area contributed by atoms with Crippen LogP contribution in [0.5, 0.6) is 0 Å². The van der Waals surface area contributed by atoms with Gasteiger partial charge in [-0.3, -0.25) is 4.79 Å². The minimum atomic E-state index is -0.251. The van der Waals surface area contributed by atoms with E-state index in [4.69, 9.17) is 4.74 Å². The summed E-state index contributed by atoms with van der Waals surface area (Å²) in [6.45, 7) is 4.75. The first kappa shape index (κ1) is 13.3. The van der Waals surface area contributed by atoms with Crippen molar-refractivity contribution in [1.82, 2.24) is 0 Å². The van der Waals surface area contributed by atoms with Gasteiger partial charge >= 0.3 is 5.97 Å². The van der Waals surface area contributed by atoms with Crippen molar-refractivity contribution in [3.63, 3.8) is 0 Å². The average Bonchev–Trinajstić information content (AvgIpc) is 2.24. The first-order valence-corrected chi connectivity index (χ1v) is 6.51. The topological polar surface area (TPSA) is 26.3 Å². The molecule has 1 aliphatic rings. The van der Waals surface area contributed by atoms with E-state index in [1.54, 1.807) is 0 Å². The van der Waals surface area contributed by atoms with E-state index in [1.165, 1.54) is 0 Å². The van der Waals surface area contributed by atoms with Gasteiger partial charge in [0.25, 0.3) is 0 Å². The summed E-state index contributed by atoms with van der Waals surface area (Å²) in [6, 6.07) is 0. The molecule has 0 aliphatic heterocycles. The summed E-state index contributed by atoms with van der Waals surface area (Å²) in [5, 5.41) is 0. The minimum Gasteiger partial charge on any atom is -0.465 e. The van der Waals surface area contributed by atoms with Gasteiger partial charge in [-0.15, -0.1) is 0 Å². The Morgan fingerprint density at radius 2 is 2.06 bits per heavy atom. The molecule has 2 nitrogen and oxygen atoms in total. The number of carbonyl (C=O) groups is 1. The lowest BCUT2D eigenvalue weighted by atomic mass is 9.79. The first-order valence-electron chi connectivity index (χ1n) is 6.51. The second kappa shape index (κ2) is 6.72. The fourth-order valence-corrected chi connectivity index (χ4v) is 2.06. The molecule has 0 aromatic carbocycles. The Morgan fingerprint density at radius 3 is 2.81 bits per heavy atom. The molecule has 0 aromatic heterocycles. The molecule has 0 aromatic rings.